The van der Waals surface area contributed by atoms with Crippen LogP contribution in [0.5, 0.6) is 0 Å². The molecule has 0 bridgehead atoms. The van der Waals surface area contributed by atoms with Crippen molar-refractivity contribution >= 4 is 39.3 Å². The number of benzene rings is 1. The van der Waals surface area contributed by atoms with Crippen molar-refractivity contribution < 1.29 is 13.8 Å². The number of carbonyl (C=O) groups is 2. The van der Waals surface area contributed by atoms with E-state index in [4.69, 9.17) is 0 Å². The van der Waals surface area contributed by atoms with Crippen molar-refractivity contribution in [1.82, 2.24) is 18.7 Å². The Labute approximate surface area is 215 Å². The number of aromatic nitrogens is 4. The lowest BCUT2D eigenvalue weighted by Crippen LogP contribution is -2.38. The van der Waals surface area contributed by atoms with Crippen LogP contribution < -0.4 is 16.6 Å². The number of nitrogens with one attached hydrogen (secondary N) is 1. The molecule has 1 atom stereocenters. The molecule has 5 rings (SSSR count). The van der Waals surface area contributed by atoms with E-state index in [1.807, 2.05) is 12.1 Å². The van der Waals surface area contributed by atoms with E-state index in [1.165, 1.54) is 22.4 Å². The Kier molecular flexibility index (Phi) is 6.45. The van der Waals surface area contributed by atoms with Crippen LogP contribution in [0.25, 0.3) is 11.2 Å². The quantitative estimate of drug-likeness (QED) is 0.464. The summed E-state index contributed by atoms with van der Waals surface area (Å²) in [5, 5.41) is 3.11. The van der Waals surface area contributed by atoms with Crippen LogP contribution in [0.2, 0.25) is 0 Å². The van der Waals surface area contributed by atoms with Crippen molar-refractivity contribution in [2.75, 3.05) is 11.6 Å². The maximum absolute atomic E-state index is 12.9. The van der Waals surface area contributed by atoms with Crippen molar-refractivity contribution in [3.63, 3.8) is 0 Å². The van der Waals surface area contributed by atoms with E-state index < -0.39 is 22.0 Å². The second-order valence-electron chi connectivity index (χ2n) is 9.71. The maximum Gasteiger partial charge on any atom is 0.333 e. The summed E-state index contributed by atoms with van der Waals surface area (Å²) >= 11 is 0. The van der Waals surface area contributed by atoms with Gasteiger partial charge in [0.05, 0.1) is 17.3 Å². The number of anilines is 1. The number of Topliss-reactive ketones (excluding diaryl/α,β-unsaturated/α-hetero) is 1. The molecule has 11 heteroatoms. The van der Waals surface area contributed by atoms with Crippen LogP contribution in [0.4, 0.5) is 5.69 Å². The number of hydrogen-bond acceptors (Lipinski definition) is 6. The Morgan fingerprint density at radius 1 is 1.08 bits per heavy atom. The average Bonchev–Trinajstić information content (AvgIpc) is 3.75. The fourth-order valence-corrected chi connectivity index (χ4v) is 5.00. The van der Waals surface area contributed by atoms with Crippen LogP contribution in [-0.4, -0.2) is 40.8 Å². The SMILES string of the molecule is Cn1c(=O)c2c(nc(S(C)=O)n2C)n(CC#Cc2cc(CC(=O)C3CC3)cc(NC(=O)C3CC3)c2)c1=O. The van der Waals surface area contributed by atoms with Gasteiger partial charge in [0.2, 0.25) is 11.1 Å². The Morgan fingerprint density at radius 2 is 1.78 bits per heavy atom. The minimum Gasteiger partial charge on any atom is -0.326 e. The van der Waals surface area contributed by atoms with Gasteiger partial charge in [0.15, 0.2) is 11.2 Å². The minimum absolute atomic E-state index is 0.0333. The summed E-state index contributed by atoms with van der Waals surface area (Å²) < 4.78 is 15.8. The van der Waals surface area contributed by atoms with Crippen LogP contribution in [0, 0.1) is 23.7 Å². The number of rotatable bonds is 7. The third-order valence-corrected chi connectivity index (χ3v) is 7.54. The molecule has 1 aromatic carbocycles. The number of carbonyl (C=O) groups excluding carboxylic acids is 2. The van der Waals surface area contributed by atoms with Gasteiger partial charge in [-0.3, -0.25) is 27.7 Å². The van der Waals surface area contributed by atoms with Gasteiger partial charge in [-0.25, -0.2) is 9.78 Å². The van der Waals surface area contributed by atoms with Crippen LogP contribution in [0.1, 0.15) is 36.8 Å². The largest absolute Gasteiger partial charge is 0.333 e. The molecule has 1 unspecified atom stereocenters. The molecular formula is C26H27N5O5S. The van der Waals surface area contributed by atoms with Crippen molar-refractivity contribution in [2.24, 2.45) is 25.9 Å². The Morgan fingerprint density at radius 3 is 2.43 bits per heavy atom. The smallest absolute Gasteiger partial charge is 0.326 e. The molecule has 2 saturated carbocycles. The van der Waals surface area contributed by atoms with Gasteiger partial charge in [-0.15, -0.1) is 0 Å². The predicted molar refractivity (Wildman–Crippen MR) is 139 cm³/mol. The van der Waals surface area contributed by atoms with E-state index in [0.717, 1.165) is 35.8 Å². The van der Waals surface area contributed by atoms with Gasteiger partial charge in [-0.05, 0) is 49.4 Å². The van der Waals surface area contributed by atoms with Gasteiger partial charge in [-0.1, -0.05) is 11.8 Å². The van der Waals surface area contributed by atoms with E-state index in [9.17, 15) is 23.4 Å². The van der Waals surface area contributed by atoms with Gasteiger partial charge in [-0.2, -0.15) is 0 Å². The number of fused-ring (bicyclic) bond motifs is 1. The molecule has 192 valence electrons. The van der Waals surface area contributed by atoms with Crippen molar-refractivity contribution in [3.8, 4) is 11.8 Å². The molecule has 1 N–H and O–H groups in total. The lowest BCUT2D eigenvalue weighted by Gasteiger charge is -2.09. The minimum atomic E-state index is -1.46. The summed E-state index contributed by atoms with van der Waals surface area (Å²) in [4.78, 5) is 54.6. The first-order valence-electron chi connectivity index (χ1n) is 12.1. The molecular weight excluding hydrogens is 494 g/mol. The van der Waals surface area contributed by atoms with Crippen LogP contribution >= 0.6 is 0 Å². The lowest BCUT2D eigenvalue weighted by atomic mass is 10.0. The normalized spacial score (nSPS) is 15.8. The summed E-state index contributed by atoms with van der Waals surface area (Å²) in [7, 11) is 1.50. The van der Waals surface area contributed by atoms with E-state index in [0.29, 0.717) is 11.3 Å². The molecule has 0 saturated heterocycles. The third kappa shape index (κ3) is 5.06. The first-order valence-corrected chi connectivity index (χ1v) is 13.7. The van der Waals surface area contributed by atoms with Gasteiger partial charge >= 0.3 is 5.69 Å². The fourth-order valence-electron chi connectivity index (χ4n) is 4.31. The third-order valence-electron chi connectivity index (χ3n) is 6.66. The zero-order chi connectivity index (χ0) is 26.4. The van der Waals surface area contributed by atoms with Crippen LogP contribution in [0.3, 0.4) is 0 Å². The highest BCUT2D eigenvalue weighted by atomic mass is 32.2. The molecule has 0 radical (unpaired) electrons. The van der Waals surface area contributed by atoms with Crippen LogP contribution in [0.15, 0.2) is 32.9 Å². The molecule has 1 amide bonds. The van der Waals surface area contributed by atoms with E-state index in [1.54, 1.807) is 13.1 Å². The molecule has 0 aliphatic heterocycles. The number of nitrogens with zero attached hydrogens (tertiary/aromatic N) is 4. The zero-order valence-electron chi connectivity index (χ0n) is 20.9. The van der Waals surface area contributed by atoms with Crippen molar-refractivity contribution in [1.29, 1.82) is 0 Å². The van der Waals surface area contributed by atoms with Gasteiger partial charge in [0, 0.05) is 49.9 Å². The highest BCUT2D eigenvalue weighted by Crippen LogP contribution is 2.32. The number of imidazole rings is 1. The summed E-state index contributed by atoms with van der Waals surface area (Å²) in [6.07, 6.45) is 5.33. The summed E-state index contributed by atoms with van der Waals surface area (Å²) in [6.45, 7) is -0.0642. The monoisotopic (exact) mass is 521 g/mol. The van der Waals surface area contributed by atoms with Gasteiger partial charge < -0.3 is 9.88 Å². The number of ketones is 1. The van der Waals surface area contributed by atoms with Crippen molar-refractivity contribution in [2.45, 2.75) is 43.8 Å². The molecule has 2 aliphatic rings. The molecule has 10 nitrogen and oxygen atoms in total. The first kappa shape index (κ1) is 24.9. The molecule has 3 aromatic rings. The molecule has 2 fully saturated rings. The summed E-state index contributed by atoms with van der Waals surface area (Å²) in [5.41, 5.74) is 1.13. The standard InChI is InChI=1S/C26H27N5O5S/c1-29-21-22(28-25(29)37(3)36)31(26(35)30(2)24(21)34)10-4-5-15-11-16(14-20(32)17-6-7-17)13-19(12-15)27-23(33)18-8-9-18/h11-13,17-18H,6-10,14H2,1-3H3,(H,27,33). The van der Waals surface area contributed by atoms with Gasteiger partial charge in [0.25, 0.3) is 5.56 Å². The molecule has 0 spiro atoms. The highest BCUT2D eigenvalue weighted by molar-refractivity contribution is 7.84. The number of aryl methyl sites for hydroxylation is 1. The lowest BCUT2D eigenvalue weighted by molar-refractivity contribution is -0.119. The average molecular weight is 522 g/mol. The zero-order valence-corrected chi connectivity index (χ0v) is 21.7. The molecule has 2 heterocycles. The second kappa shape index (κ2) is 9.59. The van der Waals surface area contributed by atoms with E-state index in [-0.39, 0.29) is 52.8 Å². The van der Waals surface area contributed by atoms with E-state index in [2.05, 4.69) is 22.1 Å². The Bertz CT molecular complexity index is 1620. The fraction of sp³-hybridized carbons (Fsp3) is 0.423. The van der Waals surface area contributed by atoms with Crippen molar-refractivity contribution in [3.05, 3.63) is 50.2 Å². The summed E-state index contributed by atoms with van der Waals surface area (Å²) in [6, 6.07) is 5.38. The number of hydrogen-bond donors (Lipinski definition) is 1. The van der Waals surface area contributed by atoms with Crippen LogP contribution in [-0.2, 0) is 47.4 Å². The first-order chi connectivity index (χ1) is 17.6. The van der Waals surface area contributed by atoms with E-state index >= 15 is 0 Å². The molecule has 37 heavy (non-hydrogen) atoms. The second-order valence-corrected chi connectivity index (χ2v) is 11.0. The maximum atomic E-state index is 12.9. The molecule has 2 aliphatic carbocycles. The molecule has 2 aromatic heterocycles. The van der Waals surface area contributed by atoms with Gasteiger partial charge in [0.1, 0.15) is 5.78 Å². The summed E-state index contributed by atoms with van der Waals surface area (Å²) in [5.74, 6) is 6.29. The highest BCUT2D eigenvalue weighted by Gasteiger charge is 2.31. The predicted octanol–water partition coefficient (Wildman–Crippen LogP) is 1.09. The topological polar surface area (TPSA) is 125 Å². The Balaban J connectivity index is 1.49. The Hall–Kier alpha value is -3.78. The number of amides is 1.